The molecule has 0 bridgehead atoms. The molecule has 2 rings (SSSR count). The van der Waals surface area contributed by atoms with Gasteiger partial charge in [-0.25, -0.2) is 0 Å². The lowest BCUT2D eigenvalue weighted by Gasteiger charge is -2.20. The number of para-hydroxylation sites is 1. The highest BCUT2D eigenvalue weighted by Crippen LogP contribution is 2.29. The monoisotopic (exact) mass is 415 g/mol. The minimum absolute atomic E-state index is 0.0695. The van der Waals surface area contributed by atoms with E-state index in [1.165, 1.54) is 0 Å². The first-order chi connectivity index (χ1) is 14.4. The van der Waals surface area contributed by atoms with E-state index in [4.69, 9.17) is 18.9 Å². The summed E-state index contributed by atoms with van der Waals surface area (Å²) < 4.78 is 22.6. The molecule has 2 aromatic carbocycles. The smallest absolute Gasteiger partial charge is 0.252 e. The number of hydrogen-bond acceptors (Lipinski definition) is 5. The van der Waals surface area contributed by atoms with Gasteiger partial charge >= 0.3 is 0 Å². The number of benzene rings is 2. The Morgan fingerprint density at radius 1 is 0.967 bits per heavy atom. The summed E-state index contributed by atoms with van der Waals surface area (Å²) >= 11 is 0. The zero-order valence-corrected chi connectivity index (χ0v) is 18.5. The van der Waals surface area contributed by atoms with Crippen LogP contribution in [0.25, 0.3) is 0 Å². The SMILES string of the molecule is COc1cc(CCNC(=O)C(COc2ccccc2)OC(C)C)ccc1OC(C)C. The molecule has 0 aliphatic carbocycles. The number of nitrogens with one attached hydrogen (secondary N) is 1. The average molecular weight is 416 g/mol. The third-order valence-corrected chi connectivity index (χ3v) is 4.18. The summed E-state index contributed by atoms with van der Waals surface area (Å²) in [6.45, 7) is 8.38. The Labute approximate surface area is 179 Å². The van der Waals surface area contributed by atoms with Crippen LogP contribution in [0.5, 0.6) is 17.2 Å². The molecule has 0 aliphatic rings. The van der Waals surface area contributed by atoms with Crippen molar-refractivity contribution < 1.29 is 23.7 Å². The highest BCUT2D eigenvalue weighted by molar-refractivity contribution is 5.81. The van der Waals surface area contributed by atoms with Crippen LogP contribution in [0.2, 0.25) is 0 Å². The summed E-state index contributed by atoms with van der Waals surface area (Å²) in [4.78, 5) is 12.6. The predicted molar refractivity (Wildman–Crippen MR) is 117 cm³/mol. The third kappa shape index (κ3) is 7.95. The third-order valence-electron chi connectivity index (χ3n) is 4.18. The van der Waals surface area contributed by atoms with Crippen molar-refractivity contribution in [1.82, 2.24) is 5.32 Å². The average Bonchev–Trinajstić information content (AvgIpc) is 2.72. The van der Waals surface area contributed by atoms with Crippen molar-refractivity contribution in [2.75, 3.05) is 20.3 Å². The Kier molecular flexibility index (Phi) is 9.48. The number of amides is 1. The predicted octanol–water partition coefficient (Wildman–Crippen LogP) is 4.01. The van der Waals surface area contributed by atoms with Gasteiger partial charge in [-0.2, -0.15) is 0 Å². The number of hydrogen-bond donors (Lipinski definition) is 1. The van der Waals surface area contributed by atoms with Crippen LogP contribution in [-0.4, -0.2) is 44.5 Å². The van der Waals surface area contributed by atoms with Gasteiger partial charge < -0.3 is 24.3 Å². The van der Waals surface area contributed by atoms with Gasteiger partial charge in [-0.15, -0.1) is 0 Å². The van der Waals surface area contributed by atoms with Crippen LogP contribution in [0.4, 0.5) is 0 Å². The van der Waals surface area contributed by atoms with E-state index in [-0.39, 0.29) is 24.7 Å². The Bertz CT molecular complexity index is 776. The number of carbonyl (C=O) groups is 1. The molecule has 0 aromatic heterocycles. The van der Waals surface area contributed by atoms with E-state index in [1.807, 2.05) is 76.2 Å². The zero-order chi connectivity index (χ0) is 21.9. The van der Waals surface area contributed by atoms with E-state index in [1.54, 1.807) is 7.11 Å². The van der Waals surface area contributed by atoms with Crippen molar-refractivity contribution in [3.8, 4) is 17.2 Å². The number of rotatable bonds is 12. The minimum Gasteiger partial charge on any atom is -0.493 e. The molecule has 0 saturated carbocycles. The highest BCUT2D eigenvalue weighted by Gasteiger charge is 2.21. The number of methoxy groups -OCH3 is 1. The van der Waals surface area contributed by atoms with Crippen molar-refractivity contribution in [3.05, 3.63) is 54.1 Å². The van der Waals surface area contributed by atoms with Crippen molar-refractivity contribution in [2.24, 2.45) is 0 Å². The molecule has 1 N–H and O–H groups in total. The van der Waals surface area contributed by atoms with Crippen LogP contribution in [0.15, 0.2) is 48.5 Å². The lowest BCUT2D eigenvalue weighted by molar-refractivity contribution is -0.137. The molecule has 6 nitrogen and oxygen atoms in total. The molecule has 0 aliphatic heterocycles. The molecule has 0 spiro atoms. The summed E-state index contributed by atoms with van der Waals surface area (Å²) in [6.07, 6.45) is -0.0302. The molecule has 0 saturated heterocycles. The normalized spacial score (nSPS) is 12.0. The maximum atomic E-state index is 12.6. The van der Waals surface area contributed by atoms with Gasteiger partial charge in [-0.1, -0.05) is 24.3 Å². The second kappa shape index (κ2) is 12.1. The van der Waals surface area contributed by atoms with E-state index >= 15 is 0 Å². The first kappa shape index (κ1) is 23.5. The van der Waals surface area contributed by atoms with E-state index in [0.717, 1.165) is 5.56 Å². The van der Waals surface area contributed by atoms with Gasteiger partial charge in [0.15, 0.2) is 17.6 Å². The largest absolute Gasteiger partial charge is 0.493 e. The molecule has 1 unspecified atom stereocenters. The zero-order valence-electron chi connectivity index (χ0n) is 18.5. The van der Waals surface area contributed by atoms with Gasteiger partial charge in [-0.3, -0.25) is 4.79 Å². The van der Waals surface area contributed by atoms with Crippen LogP contribution in [0, 0.1) is 0 Å². The summed E-state index contributed by atoms with van der Waals surface area (Å²) in [5.74, 6) is 1.92. The second-order valence-corrected chi connectivity index (χ2v) is 7.49. The minimum atomic E-state index is -0.679. The van der Waals surface area contributed by atoms with Crippen LogP contribution in [0.1, 0.15) is 33.3 Å². The summed E-state index contributed by atoms with van der Waals surface area (Å²) in [6, 6.07) is 15.2. The van der Waals surface area contributed by atoms with Crippen LogP contribution in [-0.2, 0) is 16.0 Å². The van der Waals surface area contributed by atoms with Gasteiger partial charge in [-0.05, 0) is 63.9 Å². The summed E-state index contributed by atoms with van der Waals surface area (Å²) in [5.41, 5.74) is 1.05. The highest BCUT2D eigenvalue weighted by atomic mass is 16.5. The molecule has 30 heavy (non-hydrogen) atoms. The van der Waals surface area contributed by atoms with Gasteiger partial charge in [0, 0.05) is 6.54 Å². The molecule has 0 fully saturated rings. The van der Waals surface area contributed by atoms with Crippen LogP contribution < -0.4 is 19.5 Å². The molecule has 1 amide bonds. The van der Waals surface area contributed by atoms with Gasteiger partial charge in [0.25, 0.3) is 5.91 Å². The van der Waals surface area contributed by atoms with Crippen molar-refractivity contribution in [1.29, 1.82) is 0 Å². The quantitative estimate of drug-likeness (QED) is 0.567. The molecule has 164 valence electrons. The molecule has 6 heteroatoms. The lowest BCUT2D eigenvalue weighted by Crippen LogP contribution is -2.42. The molecule has 0 radical (unpaired) electrons. The molecular weight excluding hydrogens is 382 g/mol. The molecule has 2 aromatic rings. The van der Waals surface area contributed by atoms with Gasteiger partial charge in [0.1, 0.15) is 12.4 Å². The lowest BCUT2D eigenvalue weighted by atomic mass is 10.1. The topological polar surface area (TPSA) is 66.0 Å². The van der Waals surface area contributed by atoms with E-state index in [2.05, 4.69) is 5.32 Å². The maximum Gasteiger partial charge on any atom is 0.252 e. The first-order valence-corrected chi connectivity index (χ1v) is 10.3. The van der Waals surface area contributed by atoms with Crippen LogP contribution in [0.3, 0.4) is 0 Å². The fraction of sp³-hybridized carbons (Fsp3) is 0.458. The van der Waals surface area contributed by atoms with Crippen molar-refractivity contribution >= 4 is 5.91 Å². The van der Waals surface area contributed by atoms with E-state index in [0.29, 0.717) is 30.2 Å². The Hall–Kier alpha value is -2.73. The Morgan fingerprint density at radius 3 is 2.33 bits per heavy atom. The van der Waals surface area contributed by atoms with E-state index < -0.39 is 6.10 Å². The Morgan fingerprint density at radius 2 is 1.70 bits per heavy atom. The summed E-state index contributed by atoms with van der Waals surface area (Å²) in [5, 5.41) is 2.94. The maximum absolute atomic E-state index is 12.6. The standard InChI is InChI=1S/C24H33NO5/c1-17(2)29-21-12-11-19(15-22(21)27-5)13-14-25-24(26)23(30-18(3)4)16-28-20-9-7-6-8-10-20/h6-12,15,17-18,23H,13-14,16H2,1-5H3,(H,25,26). The van der Waals surface area contributed by atoms with Crippen molar-refractivity contribution in [3.63, 3.8) is 0 Å². The fourth-order valence-corrected chi connectivity index (χ4v) is 2.86. The van der Waals surface area contributed by atoms with Gasteiger partial charge in [0.05, 0.1) is 19.3 Å². The van der Waals surface area contributed by atoms with Crippen LogP contribution >= 0.6 is 0 Å². The fourth-order valence-electron chi connectivity index (χ4n) is 2.86. The molecule has 0 heterocycles. The second-order valence-electron chi connectivity index (χ2n) is 7.49. The Balaban J connectivity index is 1.89. The molecule has 1 atom stereocenters. The number of carbonyl (C=O) groups excluding carboxylic acids is 1. The van der Waals surface area contributed by atoms with Crippen molar-refractivity contribution in [2.45, 2.75) is 52.4 Å². The van der Waals surface area contributed by atoms with Gasteiger partial charge in [0.2, 0.25) is 0 Å². The number of ether oxygens (including phenoxy) is 4. The first-order valence-electron chi connectivity index (χ1n) is 10.3. The van der Waals surface area contributed by atoms with E-state index in [9.17, 15) is 4.79 Å². The molecular formula is C24H33NO5. The summed E-state index contributed by atoms with van der Waals surface area (Å²) in [7, 11) is 1.62.